The van der Waals surface area contributed by atoms with Gasteiger partial charge in [0.2, 0.25) is 5.89 Å². The molecule has 0 spiro atoms. The Bertz CT molecular complexity index is 499. The topological polar surface area (TPSA) is 65.6 Å². The maximum absolute atomic E-state index is 10.8. The molecule has 1 aromatic rings. The molecule has 130 valence electrons. The SMILES string of the molecule is Cc1nc(CN2CCC[C@H](N(C)CC3(O)CCCCC3)C2)no1. The summed E-state index contributed by atoms with van der Waals surface area (Å²) in [6.45, 7) is 5.48. The van der Waals surface area contributed by atoms with E-state index in [1.165, 1.54) is 19.3 Å². The van der Waals surface area contributed by atoms with E-state index in [4.69, 9.17) is 4.52 Å². The molecular weight excluding hydrogens is 292 g/mol. The molecule has 0 aromatic carbocycles. The Morgan fingerprint density at radius 2 is 2.09 bits per heavy atom. The van der Waals surface area contributed by atoms with Gasteiger partial charge in [0, 0.05) is 26.1 Å². The number of aromatic nitrogens is 2. The van der Waals surface area contributed by atoms with Gasteiger partial charge in [0.05, 0.1) is 12.1 Å². The maximum Gasteiger partial charge on any atom is 0.223 e. The van der Waals surface area contributed by atoms with Crippen molar-refractivity contribution in [2.24, 2.45) is 0 Å². The smallest absolute Gasteiger partial charge is 0.223 e. The van der Waals surface area contributed by atoms with Crippen molar-refractivity contribution in [3.8, 4) is 0 Å². The number of aliphatic hydroxyl groups is 1. The third-order valence-corrected chi connectivity index (χ3v) is 5.37. The summed E-state index contributed by atoms with van der Waals surface area (Å²) in [5.74, 6) is 1.40. The monoisotopic (exact) mass is 322 g/mol. The van der Waals surface area contributed by atoms with E-state index in [1.807, 2.05) is 6.92 Å². The third-order valence-electron chi connectivity index (χ3n) is 5.37. The fourth-order valence-corrected chi connectivity index (χ4v) is 4.10. The maximum atomic E-state index is 10.8. The first-order valence-electron chi connectivity index (χ1n) is 8.98. The predicted molar refractivity (Wildman–Crippen MR) is 88.0 cm³/mol. The molecular formula is C17H30N4O2. The largest absolute Gasteiger partial charge is 0.389 e. The molecule has 1 aliphatic heterocycles. The molecule has 2 fully saturated rings. The molecule has 1 atom stereocenters. The van der Waals surface area contributed by atoms with E-state index >= 15 is 0 Å². The van der Waals surface area contributed by atoms with Crippen LogP contribution >= 0.6 is 0 Å². The van der Waals surface area contributed by atoms with Crippen molar-refractivity contribution in [3.63, 3.8) is 0 Å². The van der Waals surface area contributed by atoms with Crippen LogP contribution < -0.4 is 0 Å². The van der Waals surface area contributed by atoms with Gasteiger partial charge in [-0.05, 0) is 39.3 Å². The average molecular weight is 322 g/mol. The molecule has 1 N–H and O–H groups in total. The van der Waals surface area contributed by atoms with Gasteiger partial charge < -0.3 is 9.63 Å². The molecule has 6 heteroatoms. The van der Waals surface area contributed by atoms with E-state index in [2.05, 4.69) is 27.0 Å². The normalized spacial score (nSPS) is 25.8. The zero-order chi connectivity index (χ0) is 16.3. The zero-order valence-electron chi connectivity index (χ0n) is 14.5. The van der Waals surface area contributed by atoms with Crippen molar-refractivity contribution >= 4 is 0 Å². The van der Waals surface area contributed by atoms with E-state index < -0.39 is 5.60 Å². The highest BCUT2D eigenvalue weighted by Gasteiger charge is 2.33. The molecule has 1 saturated heterocycles. The third kappa shape index (κ3) is 4.52. The van der Waals surface area contributed by atoms with Gasteiger partial charge in [-0.25, -0.2) is 0 Å². The fraction of sp³-hybridized carbons (Fsp3) is 0.882. The number of likely N-dealkylation sites (tertiary alicyclic amines) is 1. The number of likely N-dealkylation sites (N-methyl/N-ethyl adjacent to an activating group) is 1. The number of rotatable bonds is 5. The van der Waals surface area contributed by atoms with Crippen molar-refractivity contribution in [2.75, 3.05) is 26.7 Å². The van der Waals surface area contributed by atoms with E-state index in [9.17, 15) is 5.11 Å². The van der Waals surface area contributed by atoms with Crippen LogP contribution in [0.2, 0.25) is 0 Å². The highest BCUT2D eigenvalue weighted by molar-refractivity contribution is 4.90. The lowest BCUT2D eigenvalue weighted by molar-refractivity contribution is -0.0366. The van der Waals surface area contributed by atoms with Crippen LogP contribution in [0.15, 0.2) is 4.52 Å². The van der Waals surface area contributed by atoms with Crippen molar-refractivity contribution in [2.45, 2.75) is 70.1 Å². The number of hydrogen-bond acceptors (Lipinski definition) is 6. The highest BCUT2D eigenvalue weighted by atomic mass is 16.5. The Hall–Kier alpha value is -0.980. The molecule has 3 rings (SSSR count). The van der Waals surface area contributed by atoms with Crippen molar-refractivity contribution < 1.29 is 9.63 Å². The van der Waals surface area contributed by atoms with E-state index in [-0.39, 0.29) is 0 Å². The van der Waals surface area contributed by atoms with Gasteiger partial charge >= 0.3 is 0 Å². The summed E-state index contributed by atoms with van der Waals surface area (Å²) in [6, 6.07) is 0.502. The van der Waals surface area contributed by atoms with Crippen molar-refractivity contribution in [1.82, 2.24) is 19.9 Å². The summed E-state index contributed by atoms with van der Waals surface area (Å²) in [7, 11) is 2.17. The van der Waals surface area contributed by atoms with Crippen LogP contribution in [0.4, 0.5) is 0 Å². The summed E-state index contributed by atoms with van der Waals surface area (Å²) in [6.07, 6.45) is 7.90. The second-order valence-electron chi connectivity index (χ2n) is 7.46. The highest BCUT2D eigenvalue weighted by Crippen LogP contribution is 2.29. The molecule has 1 saturated carbocycles. The van der Waals surface area contributed by atoms with Gasteiger partial charge in [0.25, 0.3) is 0 Å². The number of piperidine rings is 1. The van der Waals surface area contributed by atoms with Crippen LogP contribution in [0.5, 0.6) is 0 Å². The summed E-state index contributed by atoms with van der Waals surface area (Å²) in [5.41, 5.74) is -0.472. The second-order valence-corrected chi connectivity index (χ2v) is 7.46. The first-order valence-corrected chi connectivity index (χ1v) is 8.98. The lowest BCUT2D eigenvalue weighted by Gasteiger charge is -2.42. The molecule has 1 aliphatic carbocycles. The Morgan fingerprint density at radius 3 is 2.78 bits per heavy atom. The van der Waals surface area contributed by atoms with Crippen LogP contribution in [0, 0.1) is 6.92 Å². The van der Waals surface area contributed by atoms with Crippen LogP contribution in [0.1, 0.15) is 56.7 Å². The Kier molecular flexibility index (Phi) is 5.34. The summed E-state index contributed by atoms with van der Waals surface area (Å²) < 4.78 is 5.06. The van der Waals surface area contributed by atoms with Gasteiger partial charge in [-0.3, -0.25) is 9.80 Å². The molecule has 0 unspecified atom stereocenters. The van der Waals surface area contributed by atoms with Crippen LogP contribution in [-0.2, 0) is 6.54 Å². The quantitative estimate of drug-likeness (QED) is 0.894. The first kappa shape index (κ1) is 16.9. The molecule has 1 aromatic heterocycles. The molecule has 23 heavy (non-hydrogen) atoms. The molecule has 0 bridgehead atoms. The summed E-state index contributed by atoms with van der Waals surface area (Å²) in [4.78, 5) is 9.08. The Morgan fingerprint density at radius 1 is 1.30 bits per heavy atom. The Balaban J connectivity index is 1.52. The average Bonchev–Trinajstić information content (AvgIpc) is 2.93. The zero-order valence-corrected chi connectivity index (χ0v) is 14.5. The van der Waals surface area contributed by atoms with Crippen molar-refractivity contribution in [3.05, 3.63) is 11.7 Å². The summed E-state index contributed by atoms with van der Waals surface area (Å²) >= 11 is 0. The van der Waals surface area contributed by atoms with Gasteiger partial charge in [-0.2, -0.15) is 4.98 Å². The molecule has 2 aliphatic rings. The summed E-state index contributed by atoms with van der Waals surface area (Å²) in [5, 5.41) is 14.8. The standard InChI is InChI=1S/C17H30N4O2/c1-14-18-16(19-23-14)12-21-10-6-7-15(11-21)20(2)13-17(22)8-4-3-5-9-17/h15,22H,3-13H2,1-2H3/t15-/m0/s1. The number of nitrogens with zero attached hydrogens (tertiary/aromatic N) is 4. The molecule has 2 heterocycles. The molecule has 0 amide bonds. The Labute approximate surface area is 138 Å². The first-order chi connectivity index (χ1) is 11.0. The molecule has 0 radical (unpaired) electrons. The van der Waals surface area contributed by atoms with Gasteiger partial charge in [0.15, 0.2) is 5.82 Å². The molecule has 6 nitrogen and oxygen atoms in total. The number of aryl methyl sites for hydroxylation is 1. The second kappa shape index (κ2) is 7.28. The van der Waals surface area contributed by atoms with Gasteiger partial charge in [-0.1, -0.05) is 24.4 Å². The minimum atomic E-state index is -0.472. The van der Waals surface area contributed by atoms with Gasteiger partial charge in [-0.15, -0.1) is 0 Å². The van der Waals surface area contributed by atoms with E-state index in [0.29, 0.717) is 11.9 Å². The van der Waals surface area contributed by atoms with Crippen LogP contribution in [0.25, 0.3) is 0 Å². The predicted octanol–water partition coefficient (Wildman–Crippen LogP) is 1.97. The fourth-order valence-electron chi connectivity index (χ4n) is 4.10. The lowest BCUT2D eigenvalue weighted by Crippen LogP contribution is -2.51. The lowest BCUT2D eigenvalue weighted by atomic mass is 9.84. The van der Waals surface area contributed by atoms with Crippen LogP contribution in [0.3, 0.4) is 0 Å². The van der Waals surface area contributed by atoms with E-state index in [1.54, 1.807) is 0 Å². The van der Waals surface area contributed by atoms with Crippen molar-refractivity contribution in [1.29, 1.82) is 0 Å². The minimum absolute atomic E-state index is 0.472. The van der Waals surface area contributed by atoms with E-state index in [0.717, 1.165) is 57.7 Å². The minimum Gasteiger partial charge on any atom is -0.389 e. The number of hydrogen-bond donors (Lipinski definition) is 1. The van der Waals surface area contributed by atoms with Crippen LogP contribution in [-0.4, -0.2) is 63.4 Å². The van der Waals surface area contributed by atoms with Gasteiger partial charge in [0.1, 0.15) is 0 Å².